The Morgan fingerprint density at radius 1 is 1.45 bits per heavy atom. The molecule has 1 saturated heterocycles. The highest BCUT2D eigenvalue weighted by Crippen LogP contribution is 2.29. The van der Waals surface area contributed by atoms with Crippen LogP contribution in [0.1, 0.15) is 31.7 Å². The molecule has 1 amide bonds. The lowest BCUT2D eigenvalue weighted by molar-refractivity contribution is -0.137. The highest BCUT2D eigenvalue weighted by molar-refractivity contribution is 14.0. The van der Waals surface area contributed by atoms with Gasteiger partial charge in [0.05, 0.1) is 12.1 Å². The van der Waals surface area contributed by atoms with E-state index in [2.05, 4.69) is 20.2 Å². The Bertz CT molecular complexity index is 670. The van der Waals surface area contributed by atoms with Crippen molar-refractivity contribution >= 4 is 35.8 Å². The Morgan fingerprint density at radius 2 is 2.21 bits per heavy atom. The molecule has 164 valence electrons. The molecule has 29 heavy (non-hydrogen) atoms. The van der Waals surface area contributed by atoms with Crippen molar-refractivity contribution in [2.45, 2.75) is 32.4 Å². The van der Waals surface area contributed by atoms with Gasteiger partial charge in [-0.3, -0.25) is 4.79 Å². The zero-order valence-electron chi connectivity index (χ0n) is 16.2. The summed E-state index contributed by atoms with van der Waals surface area (Å²) in [6.45, 7) is 4.70. The third-order valence-electron chi connectivity index (χ3n) is 4.31. The van der Waals surface area contributed by atoms with Gasteiger partial charge >= 0.3 is 6.18 Å². The summed E-state index contributed by atoms with van der Waals surface area (Å²) in [4.78, 5) is 21.4. The van der Waals surface area contributed by atoms with E-state index in [4.69, 9.17) is 10.5 Å². The van der Waals surface area contributed by atoms with Crippen LogP contribution in [0.3, 0.4) is 0 Å². The van der Waals surface area contributed by atoms with Crippen molar-refractivity contribution in [1.82, 2.24) is 15.2 Å². The maximum Gasteiger partial charge on any atom is 0.417 e. The van der Waals surface area contributed by atoms with Gasteiger partial charge in [0.1, 0.15) is 6.61 Å². The number of hydrogen-bond donors (Lipinski definition) is 2. The number of nitrogens with one attached hydrogen (secondary N) is 1. The zero-order valence-corrected chi connectivity index (χ0v) is 18.6. The summed E-state index contributed by atoms with van der Waals surface area (Å²) in [6.07, 6.45) is -1.40. The van der Waals surface area contributed by atoms with Crippen LogP contribution in [0.4, 0.5) is 13.2 Å². The van der Waals surface area contributed by atoms with Crippen LogP contribution in [0.5, 0.6) is 5.88 Å². The maximum absolute atomic E-state index is 12.5. The van der Waals surface area contributed by atoms with E-state index in [-0.39, 0.29) is 48.3 Å². The minimum Gasteiger partial charge on any atom is -0.476 e. The molecule has 7 nitrogen and oxygen atoms in total. The Kier molecular flexibility index (Phi) is 10.5. The minimum absolute atomic E-state index is 0. The van der Waals surface area contributed by atoms with Gasteiger partial charge in [0.25, 0.3) is 0 Å². The normalized spacial score (nSPS) is 17.4. The molecule has 1 aromatic heterocycles. The molecule has 0 aliphatic carbocycles. The quantitative estimate of drug-likeness (QED) is 0.245. The predicted octanol–water partition coefficient (Wildman–Crippen LogP) is 2.65. The molecule has 0 aromatic carbocycles. The number of likely N-dealkylation sites (tertiary alicyclic amines) is 1. The molecule has 1 fully saturated rings. The molecule has 0 radical (unpaired) electrons. The number of carbonyl (C=O) groups is 1. The average molecular weight is 529 g/mol. The summed E-state index contributed by atoms with van der Waals surface area (Å²) in [5.41, 5.74) is 4.49. The lowest BCUT2D eigenvalue weighted by Crippen LogP contribution is -2.47. The Labute approximate surface area is 185 Å². The van der Waals surface area contributed by atoms with Crippen LogP contribution < -0.4 is 15.8 Å². The number of nitrogens with two attached hydrogens (primary N) is 1. The third-order valence-corrected chi connectivity index (χ3v) is 4.31. The van der Waals surface area contributed by atoms with E-state index in [9.17, 15) is 18.0 Å². The van der Waals surface area contributed by atoms with E-state index in [1.807, 2.05) is 6.92 Å². The average Bonchev–Trinajstić information content (AvgIpc) is 2.63. The molecule has 2 heterocycles. The second-order valence-corrected chi connectivity index (χ2v) is 6.59. The zero-order chi connectivity index (χ0) is 20.6. The maximum atomic E-state index is 12.5. The Hall–Kier alpha value is -1.79. The molecule has 0 saturated carbocycles. The first-order chi connectivity index (χ1) is 13.3. The first-order valence-corrected chi connectivity index (χ1v) is 9.27. The lowest BCUT2D eigenvalue weighted by Gasteiger charge is -2.34. The topological polar surface area (TPSA) is 92.8 Å². The van der Waals surface area contributed by atoms with E-state index >= 15 is 0 Å². The van der Waals surface area contributed by atoms with Crippen molar-refractivity contribution in [3.05, 3.63) is 23.9 Å². The van der Waals surface area contributed by atoms with Crippen LogP contribution in [0.25, 0.3) is 0 Å². The van der Waals surface area contributed by atoms with Gasteiger partial charge in [-0.05, 0) is 31.7 Å². The van der Waals surface area contributed by atoms with Crippen LogP contribution in [0.2, 0.25) is 0 Å². The molecule has 0 spiro atoms. The molecular weight excluding hydrogens is 502 g/mol. The summed E-state index contributed by atoms with van der Waals surface area (Å²) in [6, 6.07) is 2.12. The molecule has 3 N–H and O–H groups in total. The molecule has 0 bridgehead atoms. The van der Waals surface area contributed by atoms with Crippen LogP contribution >= 0.6 is 24.0 Å². The van der Waals surface area contributed by atoms with Crippen molar-refractivity contribution in [1.29, 1.82) is 0 Å². The fourth-order valence-corrected chi connectivity index (χ4v) is 3.07. The van der Waals surface area contributed by atoms with Gasteiger partial charge < -0.3 is 20.7 Å². The standard InChI is InChI=1S/C18H26F3N5O2.HI/c1-2-23-17(26-8-3-4-13(12-26)10-15(22)27)24-7-9-28-16-6-5-14(11-25-16)18(19,20)21;/h5-6,11,13H,2-4,7-10,12H2,1H3,(H2,22,27)(H,23,24);1H. The summed E-state index contributed by atoms with van der Waals surface area (Å²) >= 11 is 0. The molecule has 1 aliphatic heterocycles. The predicted molar refractivity (Wildman–Crippen MR) is 114 cm³/mol. The number of nitrogens with zero attached hydrogens (tertiary/aromatic N) is 3. The highest BCUT2D eigenvalue weighted by atomic mass is 127. The van der Waals surface area contributed by atoms with Crippen LogP contribution in [0.15, 0.2) is 23.3 Å². The number of pyridine rings is 1. The van der Waals surface area contributed by atoms with Crippen molar-refractivity contribution in [2.24, 2.45) is 16.6 Å². The Morgan fingerprint density at radius 3 is 2.79 bits per heavy atom. The molecule has 1 aromatic rings. The number of guanidine groups is 1. The molecule has 2 rings (SSSR count). The van der Waals surface area contributed by atoms with Gasteiger partial charge in [0.2, 0.25) is 11.8 Å². The minimum atomic E-state index is -4.42. The monoisotopic (exact) mass is 529 g/mol. The van der Waals surface area contributed by atoms with Gasteiger partial charge in [0, 0.05) is 38.3 Å². The van der Waals surface area contributed by atoms with Gasteiger partial charge in [-0.25, -0.2) is 9.98 Å². The number of aliphatic imine (C=N–C) groups is 1. The van der Waals surface area contributed by atoms with Crippen LogP contribution in [-0.2, 0) is 11.0 Å². The SMILES string of the molecule is CCNC(=NCCOc1ccc(C(F)(F)F)cn1)N1CCCC(CC(N)=O)C1.I. The summed E-state index contributed by atoms with van der Waals surface area (Å²) in [5.74, 6) is 0.752. The van der Waals surface area contributed by atoms with Crippen LogP contribution in [-0.4, -0.2) is 54.5 Å². The number of alkyl halides is 3. The number of primary amides is 1. The third kappa shape index (κ3) is 8.62. The van der Waals surface area contributed by atoms with Gasteiger partial charge in [0.15, 0.2) is 5.96 Å². The van der Waals surface area contributed by atoms with Gasteiger partial charge in [-0.15, -0.1) is 24.0 Å². The fourth-order valence-electron chi connectivity index (χ4n) is 3.07. The molecule has 1 atom stereocenters. The van der Waals surface area contributed by atoms with Crippen molar-refractivity contribution in [2.75, 3.05) is 32.8 Å². The summed E-state index contributed by atoms with van der Waals surface area (Å²) < 4.78 is 42.9. The van der Waals surface area contributed by atoms with Gasteiger partial charge in [-0.1, -0.05) is 0 Å². The van der Waals surface area contributed by atoms with Crippen LogP contribution in [0, 0.1) is 5.92 Å². The molecular formula is C18H27F3IN5O2. The second kappa shape index (κ2) is 12.0. The van der Waals surface area contributed by atoms with E-state index in [1.165, 1.54) is 6.07 Å². The molecule has 11 heteroatoms. The van der Waals surface area contributed by atoms with E-state index in [1.54, 1.807) is 0 Å². The summed E-state index contributed by atoms with van der Waals surface area (Å²) in [5, 5.41) is 3.21. The van der Waals surface area contributed by atoms with E-state index < -0.39 is 11.7 Å². The van der Waals surface area contributed by atoms with E-state index in [0.717, 1.165) is 37.6 Å². The number of hydrogen-bond acceptors (Lipinski definition) is 4. The first-order valence-electron chi connectivity index (χ1n) is 9.27. The Balaban J connectivity index is 0.00000420. The number of halogens is 4. The number of aromatic nitrogens is 1. The number of piperidine rings is 1. The molecule has 1 unspecified atom stereocenters. The fraction of sp³-hybridized carbons (Fsp3) is 0.611. The first kappa shape index (κ1) is 25.2. The van der Waals surface area contributed by atoms with E-state index in [0.29, 0.717) is 26.1 Å². The van der Waals surface area contributed by atoms with Crippen molar-refractivity contribution in [3.63, 3.8) is 0 Å². The molecule has 1 aliphatic rings. The largest absolute Gasteiger partial charge is 0.476 e. The highest BCUT2D eigenvalue weighted by Gasteiger charge is 2.30. The number of amides is 1. The lowest BCUT2D eigenvalue weighted by atomic mass is 9.95. The van der Waals surface area contributed by atoms with Crippen molar-refractivity contribution < 1.29 is 22.7 Å². The van der Waals surface area contributed by atoms with Gasteiger partial charge in [-0.2, -0.15) is 13.2 Å². The number of ether oxygens (including phenoxy) is 1. The van der Waals surface area contributed by atoms with Crippen molar-refractivity contribution in [3.8, 4) is 5.88 Å². The number of carbonyl (C=O) groups excluding carboxylic acids is 1. The number of rotatable bonds is 7. The summed E-state index contributed by atoms with van der Waals surface area (Å²) in [7, 11) is 0. The smallest absolute Gasteiger partial charge is 0.417 e. The second-order valence-electron chi connectivity index (χ2n) is 6.59.